The fourth-order valence-electron chi connectivity index (χ4n) is 2.67. The first-order valence-electron chi connectivity index (χ1n) is 6.87. The minimum Gasteiger partial charge on any atom is -0.508 e. The zero-order valence-corrected chi connectivity index (χ0v) is 12.0. The number of likely N-dealkylation sites (N-methyl/N-ethyl adjacent to an activating group) is 1. The Bertz CT molecular complexity index is 432. The summed E-state index contributed by atoms with van der Waals surface area (Å²) in [6.07, 6.45) is 2.53. The number of methoxy groups -OCH3 is 1. The summed E-state index contributed by atoms with van der Waals surface area (Å²) in [5.74, 6) is 1.79. The Morgan fingerprint density at radius 1 is 1.47 bits per heavy atom. The van der Waals surface area contributed by atoms with Gasteiger partial charge in [-0.25, -0.2) is 0 Å². The molecule has 0 spiro atoms. The highest BCUT2D eigenvalue weighted by molar-refractivity contribution is 5.41. The predicted octanol–water partition coefficient (Wildman–Crippen LogP) is 2.13. The van der Waals surface area contributed by atoms with Crippen molar-refractivity contribution in [3.63, 3.8) is 0 Å². The van der Waals surface area contributed by atoms with Crippen LogP contribution in [0.3, 0.4) is 0 Å². The molecule has 0 heterocycles. The number of hydrogen-bond donors (Lipinski definition) is 2. The van der Waals surface area contributed by atoms with E-state index in [1.165, 1.54) is 12.8 Å². The van der Waals surface area contributed by atoms with Gasteiger partial charge in [-0.3, -0.25) is 4.90 Å². The molecule has 19 heavy (non-hydrogen) atoms. The van der Waals surface area contributed by atoms with Gasteiger partial charge in [0.2, 0.25) is 0 Å². The molecule has 0 bridgehead atoms. The van der Waals surface area contributed by atoms with E-state index in [0.29, 0.717) is 24.3 Å². The molecule has 0 amide bonds. The van der Waals surface area contributed by atoms with Crippen molar-refractivity contribution in [2.24, 2.45) is 11.7 Å². The first-order valence-corrected chi connectivity index (χ1v) is 6.87. The summed E-state index contributed by atoms with van der Waals surface area (Å²) < 4.78 is 5.23. The third-order valence-electron chi connectivity index (χ3n) is 4.23. The maximum Gasteiger partial charge on any atom is 0.120 e. The lowest BCUT2D eigenvalue weighted by atomic mass is 10.0. The molecular weight excluding hydrogens is 240 g/mol. The minimum atomic E-state index is 0.115. The molecule has 106 valence electrons. The number of nitrogens with zero attached hydrogens (tertiary/aromatic N) is 1. The van der Waals surface area contributed by atoms with Crippen molar-refractivity contribution < 1.29 is 9.84 Å². The first kappa shape index (κ1) is 14.2. The van der Waals surface area contributed by atoms with Crippen LogP contribution >= 0.6 is 0 Å². The van der Waals surface area contributed by atoms with E-state index in [1.807, 2.05) is 6.07 Å². The van der Waals surface area contributed by atoms with Gasteiger partial charge in [-0.15, -0.1) is 0 Å². The Hall–Kier alpha value is -1.26. The van der Waals surface area contributed by atoms with E-state index in [2.05, 4.69) is 18.9 Å². The van der Waals surface area contributed by atoms with Gasteiger partial charge in [0, 0.05) is 24.2 Å². The number of rotatable bonds is 6. The van der Waals surface area contributed by atoms with E-state index in [-0.39, 0.29) is 6.04 Å². The number of ether oxygens (including phenoxy) is 1. The fourth-order valence-corrected chi connectivity index (χ4v) is 2.67. The Morgan fingerprint density at radius 3 is 2.68 bits per heavy atom. The quantitative estimate of drug-likeness (QED) is 0.826. The van der Waals surface area contributed by atoms with Crippen LogP contribution < -0.4 is 10.5 Å². The largest absolute Gasteiger partial charge is 0.508 e. The number of phenols is 1. The highest BCUT2D eigenvalue weighted by atomic mass is 16.5. The van der Waals surface area contributed by atoms with Crippen LogP contribution in [0.1, 0.15) is 31.4 Å². The second-order valence-corrected chi connectivity index (χ2v) is 5.41. The third-order valence-corrected chi connectivity index (χ3v) is 4.23. The molecule has 3 N–H and O–H groups in total. The lowest BCUT2D eigenvalue weighted by molar-refractivity contribution is 0.167. The number of aromatic hydroxyl groups is 1. The monoisotopic (exact) mass is 264 g/mol. The number of hydrogen-bond acceptors (Lipinski definition) is 4. The molecule has 2 atom stereocenters. The summed E-state index contributed by atoms with van der Waals surface area (Å²) in [5.41, 5.74) is 6.79. The molecule has 0 aliphatic heterocycles. The molecular formula is C15H24N2O2. The number of nitrogens with two attached hydrogens (primary N) is 1. The first-order chi connectivity index (χ1) is 9.08. The molecule has 1 fully saturated rings. The molecule has 1 aliphatic carbocycles. The van der Waals surface area contributed by atoms with E-state index in [4.69, 9.17) is 10.5 Å². The summed E-state index contributed by atoms with van der Waals surface area (Å²) in [6, 6.07) is 5.86. The topological polar surface area (TPSA) is 58.7 Å². The fraction of sp³-hybridized carbons (Fsp3) is 0.600. The lowest BCUT2D eigenvalue weighted by Gasteiger charge is -2.33. The van der Waals surface area contributed by atoms with Crippen LogP contribution in [-0.2, 0) is 0 Å². The second-order valence-electron chi connectivity index (χ2n) is 5.41. The van der Waals surface area contributed by atoms with Crippen molar-refractivity contribution in [2.75, 3.05) is 20.7 Å². The van der Waals surface area contributed by atoms with Crippen molar-refractivity contribution in [3.8, 4) is 11.5 Å². The SMILES string of the molecule is COc1ccc(O)c(C(C)N(C)C(CN)C2CC2)c1. The molecule has 1 aromatic rings. The van der Waals surface area contributed by atoms with Crippen molar-refractivity contribution in [2.45, 2.75) is 31.8 Å². The van der Waals surface area contributed by atoms with Crippen LogP contribution in [0.15, 0.2) is 18.2 Å². The van der Waals surface area contributed by atoms with Gasteiger partial charge in [0.05, 0.1) is 7.11 Å². The van der Waals surface area contributed by atoms with Crippen molar-refractivity contribution in [1.29, 1.82) is 0 Å². The number of phenolic OH excluding ortho intramolecular Hbond substituents is 1. The predicted molar refractivity (Wildman–Crippen MR) is 76.4 cm³/mol. The van der Waals surface area contributed by atoms with E-state index in [0.717, 1.165) is 11.3 Å². The zero-order chi connectivity index (χ0) is 14.0. The third kappa shape index (κ3) is 3.01. The maximum atomic E-state index is 10.0. The average Bonchev–Trinajstić information content (AvgIpc) is 3.24. The molecule has 1 saturated carbocycles. The van der Waals surface area contributed by atoms with E-state index < -0.39 is 0 Å². The van der Waals surface area contributed by atoms with Gasteiger partial charge in [0.25, 0.3) is 0 Å². The highest BCUT2D eigenvalue weighted by Gasteiger charge is 2.35. The van der Waals surface area contributed by atoms with Crippen molar-refractivity contribution in [1.82, 2.24) is 4.90 Å². The van der Waals surface area contributed by atoms with Crippen LogP contribution in [0.4, 0.5) is 0 Å². The minimum absolute atomic E-state index is 0.115. The van der Waals surface area contributed by atoms with Crippen molar-refractivity contribution >= 4 is 0 Å². The van der Waals surface area contributed by atoms with Crippen LogP contribution in [0.2, 0.25) is 0 Å². The highest BCUT2D eigenvalue weighted by Crippen LogP contribution is 2.39. The van der Waals surface area contributed by atoms with Crippen molar-refractivity contribution in [3.05, 3.63) is 23.8 Å². The smallest absolute Gasteiger partial charge is 0.120 e. The average molecular weight is 264 g/mol. The van der Waals surface area contributed by atoms with Crippen LogP contribution in [0.5, 0.6) is 11.5 Å². The molecule has 0 saturated heterocycles. The summed E-state index contributed by atoms with van der Waals surface area (Å²) in [4.78, 5) is 2.27. The summed E-state index contributed by atoms with van der Waals surface area (Å²) in [6.45, 7) is 2.76. The van der Waals surface area contributed by atoms with Crippen LogP contribution in [0.25, 0.3) is 0 Å². The molecule has 1 aliphatic rings. The molecule has 0 aromatic heterocycles. The Kier molecular flexibility index (Phi) is 4.32. The van der Waals surface area contributed by atoms with Crippen LogP contribution in [0, 0.1) is 5.92 Å². The van der Waals surface area contributed by atoms with Gasteiger partial charge in [0.1, 0.15) is 11.5 Å². The second kappa shape index (κ2) is 5.80. The molecule has 0 radical (unpaired) electrons. The number of benzene rings is 1. The summed E-state index contributed by atoms with van der Waals surface area (Å²) in [7, 11) is 3.72. The Morgan fingerprint density at radius 2 is 2.16 bits per heavy atom. The summed E-state index contributed by atoms with van der Waals surface area (Å²) >= 11 is 0. The van der Waals surface area contributed by atoms with Gasteiger partial charge in [-0.05, 0) is 50.9 Å². The Labute approximate surface area is 115 Å². The zero-order valence-electron chi connectivity index (χ0n) is 12.0. The standard InChI is InChI=1S/C15H24N2O2/c1-10(17(2)14(9-16)11-4-5-11)13-8-12(19-3)6-7-15(13)18/h6-8,10-11,14,18H,4-5,9,16H2,1-3H3. The van der Waals surface area contributed by atoms with Crippen LogP contribution in [-0.4, -0.2) is 36.8 Å². The van der Waals surface area contributed by atoms with E-state index >= 15 is 0 Å². The normalized spacial score (nSPS) is 18.4. The summed E-state index contributed by atoms with van der Waals surface area (Å²) in [5, 5.41) is 10.0. The molecule has 2 rings (SSSR count). The van der Waals surface area contributed by atoms with E-state index in [1.54, 1.807) is 19.2 Å². The molecule has 4 nitrogen and oxygen atoms in total. The molecule has 4 heteroatoms. The van der Waals surface area contributed by atoms with E-state index in [9.17, 15) is 5.11 Å². The van der Waals surface area contributed by atoms with Gasteiger partial charge < -0.3 is 15.6 Å². The van der Waals surface area contributed by atoms with Gasteiger partial charge in [-0.2, -0.15) is 0 Å². The van der Waals surface area contributed by atoms with Gasteiger partial charge in [0.15, 0.2) is 0 Å². The molecule has 2 unspecified atom stereocenters. The lowest BCUT2D eigenvalue weighted by Crippen LogP contribution is -2.41. The van der Waals surface area contributed by atoms with Gasteiger partial charge in [-0.1, -0.05) is 0 Å². The maximum absolute atomic E-state index is 10.0. The molecule has 1 aromatic carbocycles. The Balaban J connectivity index is 2.19. The van der Waals surface area contributed by atoms with Gasteiger partial charge >= 0.3 is 0 Å².